The van der Waals surface area contributed by atoms with Crippen LogP contribution >= 0.6 is 0 Å². The van der Waals surface area contributed by atoms with Gasteiger partial charge in [-0.05, 0) is 11.5 Å². The summed E-state index contributed by atoms with van der Waals surface area (Å²) in [5.41, 5.74) is 0.817. The number of hydrogen-bond donors (Lipinski definition) is 2. The number of carbonyl (C=O) groups excluding carboxylic acids is 4. The highest BCUT2D eigenvalue weighted by Crippen LogP contribution is 2.19. The molecule has 2 atom stereocenters. The molecule has 0 saturated heterocycles. The minimum Gasteiger partial charge on any atom is -0.445 e. The number of hydrogen-bond acceptors (Lipinski definition) is 7. The Morgan fingerprint density at radius 2 is 2.00 bits per heavy atom. The number of rotatable bonds is 7. The summed E-state index contributed by atoms with van der Waals surface area (Å²) < 4.78 is 10.7. The molecule has 1 aromatic carbocycles. The molecule has 2 heterocycles. The van der Waals surface area contributed by atoms with Crippen LogP contribution < -0.4 is 10.6 Å². The van der Waals surface area contributed by atoms with Crippen molar-refractivity contribution in [3.63, 3.8) is 0 Å². The van der Waals surface area contributed by atoms with Gasteiger partial charge in [-0.15, -0.1) is 0 Å². The quantitative estimate of drug-likeness (QED) is 0.646. The summed E-state index contributed by atoms with van der Waals surface area (Å²) >= 11 is 0. The van der Waals surface area contributed by atoms with Crippen LogP contribution in [-0.4, -0.2) is 34.6 Å². The minimum absolute atomic E-state index is 0.0290. The molecule has 2 bridgehead atoms. The van der Waals surface area contributed by atoms with Crippen molar-refractivity contribution < 1.29 is 28.3 Å². The summed E-state index contributed by atoms with van der Waals surface area (Å²) in [7, 11) is 0. The van der Waals surface area contributed by atoms with Gasteiger partial charge in [0.15, 0.2) is 11.7 Å². The molecule has 2 amide bonds. The standard InChI is InChI=1S/C22H25N3O6/c1-13(2)19(25-22(29)30-12-14-6-4-3-5-7-14)17(26)8-15-9-18-23-10-16(31-18)11-24-21(28)20(15)27/h3-7,10,13,15,19H,8-9,11-12H2,1-2H3,(H,24,28)(H,25,29). The summed E-state index contributed by atoms with van der Waals surface area (Å²) in [5.74, 6) is -2.30. The van der Waals surface area contributed by atoms with E-state index in [1.807, 2.05) is 30.3 Å². The Morgan fingerprint density at radius 3 is 2.71 bits per heavy atom. The lowest BCUT2D eigenvalue weighted by atomic mass is 9.88. The van der Waals surface area contributed by atoms with Crippen LogP contribution in [0.1, 0.15) is 37.5 Å². The predicted molar refractivity (Wildman–Crippen MR) is 109 cm³/mol. The molecule has 9 heteroatoms. The van der Waals surface area contributed by atoms with Crippen LogP contribution in [0.25, 0.3) is 0 Å². The molecular formula is C22H25N3O6. The largest absolute Gasteiger partial charge is 0.445 e. The van der Waals surface area contributed by atoms with Gasteiger partial charge in [0.1, 0.15) is 12.4 Å². The molecule has 3 rings (SSSR count). The van der Waals surface area contributed by atoms with E-state index in [1.54, 1.807) is 13.8 Å². The SMILES string of the molecule is CC(C)C(NC(=O)OCc1ccccc1)C(=O)CC1Cc2ncc(o2)CNC(=O)C1=O. The maximum absolute atomic E-state index is 13.0. The molecule has 31 heavy (non-hydrogen) atoms. The van der Waals surface area contributed by atoms with Gasteiger partial charge in [0.05, 0.1) is 18.8 Å². The summed E-state index contributed by atoms with van der Waals surface area (Å²) in [5, 5.41) is 5.05. The Balaban J connectivity index is 1.64. The van der Waals surface area contributed by atoms with Crippen LogP contribution in [0.15, 0.2) is 40.9 Å². The smallest absolute Gasteiger partial charge is 0.408 e. The normalized spacial score (nSPS) is 17.2. The summed E-state index contributed by atoms with van der Waals surface area (Å²) in [6.07, 6.45) is 0.547. The average molecular weight is 427 g/mol. The molecule has 2 unspecified atom stereocenters. The zero-order chi connectivity index (χ0) is 22.4. The van der Waals surface area contributed by atoms with Crippen molar-refractivity contribution in [2.45, 2.75) is 45.9 Å². The van der Waals surface area contributed by atoms with Crippen molar-refractivity contribution in [3.05, 3.63) is 53.7 Å². The fourth-order valence-electron chi connectivity index (χ4n) is 3.31. The average Bonchev–Trinajstić information content (AvgIpc) is 3.21. The van der Waals surface area contributed by atoms with Gasteiger partial charge in [-0.2, -0.15) is 0 Å². The molecule has 9 nitrogen and oxygen atoms in total. The molecule has 2 aromatic rings. The Kier molecular flexibility index (Phi) is 7.17. The van der Waals surface area contributed by atoms with E-state index in [-0.39, 0.29) is 43.6 Å². The first kappa shape index (κ1) is 22.2. The third-order valence-electron chi connectivity index (χ3n) is 4.99. The van der Waals surface area contributed by atoms with E-state index in [4.69, 9.17) is 9.15 Å². The van der Waals surface area contributed by atoms with Gasteiger partial charge in [0.2, 0.25) is 5.78 Å². The number of aromatic nitrogens is 1. The van der Waals surface area contributed by atoms with Crippen LogP contribution in [-0.2, 0) is 38.7 Å². The maximum atomic E-state index is 13.0. The first-order valence-corrected chi connectivity index (χ1v) is 10.1. The lowest BCUT2D eigenvalue weighted by Crippen LogP contribution is -2.46. The Hall–Kier alpha value is -3.49. The van der Waals surface area contributed by atoms with E-state index >= 15 is 0 Å². The van der Waals surface area contributed by atoms with E-state index in [0.29, 0.717) is 5.76 Å². The number of nitrogens with zero attached hydrogens (tertiary/aromatic N) is 1. The Morgan fingerprint density at radius 1 is 1.26 bits per heavy atom. The van der Waals surface area contributed by atoms with Gasteiger partial charge in [-0.3, -0.25) is 14.4 Å². The van der Waals surface area contributed by atoms with Crippen LogP contribution in [0.3, 0.4) is 0 Å². The van der Waals surface area contributed by atoms with Crippen LogP contribution in [0.5, 0.6) is 0 Å². The summed E-state index contributed by atoms with van der Waals surface area (Å²) in [6, 6.07) is 8.29. The Labute approximate surface area is 179 Å². The number of fused-ring (bicyclic) bond motifs is 2. The molecule has 0 radical (unpaired) electrons. The summed E-state index contributed by atoms with van der Waals surface area (Å²) in [4.78, 5) is 53.9. The first-order valence-electron chi connectivity index (χ1n) is 10.1. The molecule has 1 aliphatic rings. The van der Waals surface area contributed by atoms with Gasteiger partial charge in [0.25, 0.3) is 5.91 Å². The molecule has 1 aromatic heterocycles. The molecule has 0 spiro atoms. The van der Waals surface area contributed by atoms with Crippen molar-refractivity contribution in [1.29, 1.82) is 0 Å². The third-order valence-corrected chi connectivity index (χ3v) is 4.99. The molecule has 0 aliphatic carbocycles. The fraction of sp³-hybridized carbons (Fsp3) is 0.409. The molecule has 2 N–H and O–H groups in total. The van der Waals surface area contributed by atoms with Gasteiger partial charge >= 0.3 is 6.09 Å². The number of Topliss-reactive ketones (excluding diaryl/α,β-unsaturated/α-hetero) is 2. The number of carbonyl (C=O) groups is 4. The number of alkyl carbamates (subject to hydrolysis) is 1. The lowest BCUT2D eigenvalue weighted by Gasteiger charge is -2.23. The van der Waals surface area contributed by atoms with Crippen LogP contribution in [0, 0.1) is 11.8 Å². The minimum atomic E-state index is -0.930. The highest BCUT2D eigenvalue weighted by molar-refractivity contribution is 6.37. The van der Waals surface area contributed by atoms with E-state index in [9.17, 15) is 19.2 Å². The number of ketones is 2. The second kappa shape index (κ2) is 10.0. The third kappa shape index (κ3) is 6.00. The maximum Gasteiger partial charge on any atom is 0.408 e. The number of benzene rings is 1. The van der Waals surface area contributed by atoms with Crippen molar-refractivity contribution in [2.24, 2.45) is 11.8 Å². The van der Waals surface area contributed by atoms with Crippen molar-refractivity contribution in [3.8, 4) is 0 Å². The van der Waals surface area contributed by atoms with E-state index in [2.05, 4.69) is 15.6 Å². The van der Waals surface area contributed by atoms with Gasteiger partial charge in [0, 0.05) is 18.8 Å². The first-order chi connectivity index (χ1) is 14.8. The number of nitrogens with one attached hydrogen (secondary N) is 2. The van der Waals surface area contributed by atoms with Gasteiger partial charge in [-0.25, -0.2) is 9.78 Å². The number of ether oxygens (including phenoxy) is 1. The van der Waals surface area contributed by atoms with Crippen molar-refractivity contribution in [2.75, 3.05) is 0 Å². The second-order valence-corrected chi connectivity index (χ2v) is 7.77. The van der Waals surface area contributed by atoms with Crippen molar-refractivity contribution >= 4 is 23.6 Å². The fourth-order valence-corrected chi connectivity index (χ4v) is 3.31. The zero-order valence-electron chi connectivity index (χ0n) is 17.4. The monoisotopic (exact) mass is 427 g/mol. The number of oxazole rings is 1. The molecule has 1 aliphatic heterocycles. The molecule has 164 valence electrons. The van der Waals surface area contributed by atoms with E-state index in [0.717, 1.165) is 5.56 Å². The van der Waals surface area contributed by atoms with E-state index < -0.39 is 29.7 Å². The Bertz CT molecular complexity index is 953. The molecule has 0 fully saturated rings. The molecular weight excluding hydrogens is 402 g/mol. The predicted octanol–water partition coefficient (Wildman–Crippen LogP) is 1.94. The van der Waals surface area contributed by atoms with Gasteiger partial charge < -0.3 is 19.8 Å². The lowest BCUT2D eigenvalue weighted by molar-refractivity contribution is -0.141. The van der Waals surface area contributed by atoms with Crippen LogP contribution in [0.2, 0.25) is 0 Å². The van der Waals surface area contributed by atoms with Crippen LogP contribution in [0.4, 0.5) is 4.79 Å². The van der Waals surface area contributed by atoms with E-state index in [1.165, 1.54) is 6.20 Å². The molecule has 0 saturated carbocycles. The summed E-state index contributed by atoms with van der Waals surface area (Å²) in [6.45, 7) is 3.68. The topological polar surface area (TPSA) is 128 Å². The zero-order valence-corrected chi connectivity index (χ0v) is 17.4. The second-order valence-electron chi connectivity index (χ2n) is 7.77. The van der Waals surface area contributed by atoms with Crippen molar-refractivity contribution in [1.82, 2.24) is 15.6 Å². The number of amides is 2. The van der Waals surface area contributed by atoms with Gasteiger partial charge in [-0.1, -0.05) is 44.2 Å². The highest BCUT2D eigenvalue weighted by atomic mass is 16.5. The highest BCUT2D eigenvalue weighted by Gasteiger charge is 2.34.